The minimum atomic E-state index is -5.17. The van der Waals surface area contributed by atoms with Gasteiger partial charge in [-0.2, -0.15) is 0 Å². The standard InChI is InChI=1S/C9H6O3.H2O4S/c10-7-3-1-6-2-4-9(11)12-8(6)5-7;1-5(2,3)4/h1-5,10H;(H2,1,2,3,4)/p-2. The Morgan fingerprint density at radius 3 is 2.24 bits per heavy atom. The van der Waals surface area contributed by atoms with Crippen molar-refractivity contribution in [1.29, 1.82) is 0 Å². The van der Waals surface area contributed by atoms with E-state index in [0.29, 0.717) is 5.58 Å². The van der Waals surface area contributed by atoms with Crippen molar-refractivity contribution in [1.82, 2.24) is 0 Å². The maximum Gasteiger partial charge on any atom is 0.336 e. The lowest BCUT2D eigenvalue weighted by atomic mass is 10.2. The third-order valence-electron chi connectivity index (χ3n) is 1.61. The first-order valence-corrected chi connectivity index (χ1v) is 5.48. The summed E-state index contributed by atoms with van der Waals surface area (Å²) in [5.41, 5.74) is -0.00407. The molecule has 2 aromatic rings. The summed E-state index contributed by atoms with van der Waals surface area (Å²) in [6.45, 7) is 0. The van der Waals surface area contributed by atoms with Crippen LogP contribution >= 0.6 is 0 Å². The van der Waals surface area contributed by atoms with Gasteiger partial charge in [0.1, 0.15) is 11.3 Å². The molecule has 8 heteroatoms. The predicted molar refractivity (Wildman–Crippen MR) is 54.6 cm³/mol. The van der Waals surface area contributed by atoms with Crippen LogP contribution in [-0.2, 0) is 10.4 Å². The van der Waals surface area contributed by atoms with Crippen molar-refractivity contribution in [3.05, 3.63) is 40.8 Å². The summed E-state index contributed by atoms with van der Waals surface area (Å²) in [5.74, 6) is 0.0943. The van der Waals surface area contributed by atoms with Gasteiger partial charge in [0, 0.05) is 27.9 Å². The van der Waals surface area contributed by atoms with E-state index in [0.717, 1.165) is 5.39 Å². The van der Waals surface area contributed by atoms with E-state index in [1.807, 2.05) is 0 Å². The fourth-order valence-corrected chi connectivity index (χ4v) is 1.05. The molecule has 2 rings (SSSR count). The molecule has 1 aromatic heterocycles. The smallest absolute Gasteiger partial charge is 0.336 e. The molecule has 7 nitrogen and oxygen atoms in total. The second kappa shape index (κ2) is 4.95. The van der Waals surface area contributed by atoms with Gasteiger partial charge >= 0.3 is 5.63 Å². The van der Waals surface area contributed by atoms with Gasteiger partial charge in [-0.3, -0.25) is 8.42 Å². The molecule has 0 amide bonds. The number of phenols is 1. The number of phenolic OH excluding ortho intramolecular Hbond substituents is 1. The number of rotatable bonds is 0. The highest BCUT2D eigenvalue weighted by molar-refractivity contribution is 7.79. The molecule has 1 N–H and O–H groups in total. The number of hydrogen-bond acceptors (Lipinski definition) is 7. The topological polar surface area (TPSA) is 131 Å². The van der Waals surface area contributed by atoms with Gasteiger partial charge in [-0.1, -0.05) is 0 Å². The van der Waals surface area contributed by atoms with Gasteiger partial charge in [-0.15, -0.1) is 0 Å². The van der Waals surface area contributed by atoms with E-state index in [1.165, 1.54) is 12.1 Å². The highest BCUT2D eigenvalue weighted by Crippen LogP contribution is 2.17. The molecule has 0 saturated heterocycles. The fourth-order valence-electron chi connectivity index (χ4n) is 1.05. The van der Waals surface area contributed by atoms with Crippen LogP contribution in [0, 0.1) is 0 Å². The molecule has 0 aliphatic carbocycles. The molecule has 17 heavy (non-hydrogen) atoms. The minimum absolute atomic E-state index is 0.0943. The van der Waals surface area contributed by atoms with E-state index in [4.69, 9.17) is 27.0 Å². The van der Waals surface area contributed by atoms with Crippen LogP contribution in [0.25, 0.3) is 11.0 Å². The first-order valence-electron chi connectivity index (χ1n) is 4.15. The fraction of sp³-hybridized carbons (Fsp3) is 0. The lowest BCUT2D eigenvalue weighted by molar-refractivity contribution is 0.352. The van der Waals surface area contributed by atoms with Gasteiger partial charge in [-0.05, 0) is 18.2 Å². The van der Waals surface area contributed by atoms with E-state index in [9.17, 15) is 4.79 Å². The summed E-state index contributed by atoms with van der Waals surface area (Å²) < 4.78 is 38.9. The zero-order valence-corrected chi connectivity index (χ0v) is 9.01. The predicted octanol–water partition coefficient (Wildman–Crippen LogP) is 0.161. The molecule has 0 aliphatic heterocycles. The molecule has 0 aliphatic rings. The monoisotopic (exact) mass is 258 g/mol. The van der Waals surface area contributed by atoms with Crippen molar-refractivity contribution >= 4 is 21.4 Å². The number of fused-ring (bicyclic) bond motifs is 1. The van der Waals surface area contributed by atoms with Crippen LogP contribution in [0.15, 0.2) is 39.5 Å². The maximum atomic E-state index is 10.7. The van der Waals surface area contributed by atoms with Crippen LogP contribution in [0.1, 0.15) is 0 Å². The molecule has 1 heterocycles. The molecular weight excluding hydrogens is 252 g/mol. The highest BCUT2D eigenvalue weighted by atomic mass is 32.3. The van der Waals surface area contributed by atoms with Gasteiger partial charge in [-0.25, -0.2) is 4.79 Å². The Kier molecular flexibility index (Phi) is 3.84. The zero-order chi connectivity index (χ0) is 13.1. The second-order valence-electron chi connectivity index (χ2n) is 2.88. The average molecular weight is 258 g/mol. The number of hydrogen-bond donors (Lipinski definition) is 1. The Hall–Kier alpha value is -1.90. The summed E-state index contributed by atoms with van der Waals surface area (Å²) in [5, 5.41) is 9.86. The van der Waals surface area contributed by atoms with Crippen molar-refractivity contribution in [2.75, 3.05) is 0 Å². The average Bonchev–Trinajstić information content (AvgIpc) is 2.14. The van der Waals surface area contributed by atoms with Crippen LogP contribution < -0.4 is 5.63 Å². The molecule has 0 radical (unpaired) electrons. The lowest BCUT2D eigenvalue weighted by Crippen LogP contribution is -1.93. The largest absolute Gasteiger partial charge is 0.759 e. The van der Waals surface area contributed by atoms with Gasteiger partial charge in [0.25, 0.3) is 0 Å². The van der Waals surface area contributed by atoms with Gasteiger partial charge in [0.2, 0.25) is 0 Å². The second-order valence-corrected chi connectivity index (χ2v) is 3.70. The Bertz CT molecular complexity index is 663. The third-order valence-corrected chi connectivity index (χ3v) is 1.61. The van der Waals surface area contributed by atoms with E-state index < -0.39 is 16.0 Å². The zero-order valence-electron chi connectivity index (χ0n) is 8.19. The first kappa shape index (κ1) is 13.2. The lowest BCUT2D eigenvalue weighted by Gasteiger charge is -2.06. The Morgan fingerprint density at radius 2 is 1.65 bits per heavy atom. The molecule has 0 fully saturated rings. The molecule has 0 bridgehead atoms. The van der Waals surface area contributed by atoms with E-state index in [-0.39, 0.29) is 5.75 Å². The van der Waals surface area contributed by atoms with Crippen LogP contribution in [0.2, 0.25) is 0 Å². The summed E-state index contributed by atoms with van der Waals surface area (Å²) >= 11 is 0. The summed E-state index contributed by atoms with van der Waals surface area (Å²) in [6.07, 6.45) is 0. The van der Waals surface area contributed by atoms with Crippen LogP contribution in [-0.4, -0.2) is 22.6 Å². The van der Waals surface area contributed by atoms with Crippen LogP contribution in [0.5, 0.6) is 5.75 Å². The molecule has 0 atom stereocenters. The van der Waals surface area contributed by atoms with Crippen LogP contribution in [0.3, 0.4) is 0 Å². The van der Waals surface area contributed by atoms with Crippen molar-refractivity contribution in [3.63, 3.8) is 0 Å². The van der Waals surface area contributed by atoms with E-state index >= 15 is 0 Å². The third kappa shape index (κ3) is 5.11. The SMILES string of the molecule is O=S(=O)([O-])[O-].O=c1ccc2ccc(O)cc2o1. The maximum absolute atomic E-state index is 10.7. The molecule has 0 spiro atoms. The first-order chi connectivity index (χ1) is 7.75. The Balaban J connectivity index is 0.000000249. The molecule has 0 unspecified atom stereocenters. The molecule has 92 valence electrons. The number of benzene rings is 1. The number of aromatic hydroxyl groups is 1. The van der Waals surface area contributed by atoms with Gasteiger partial charge < -0.3 is 18.6 Å². The quantitative estimate of drug-likeness (QED) is 0.404. The highest BCUT2D eigenvalue weighted by Gasteiger charge is 1.96. The van der Waals surface area contributed by atoms with E-state index in [2.05, 4.69) is 0 Å². The van der Waals surface area contributed by atoms with Crippen molar-refractivity contribution < 1.29 is 27.0 Å². The van der Waals surface area contributed by atoms with Crippen molar-refractivity contribution in [2.24, 2.45) is 0 Å². The van der Waals surface area contributed by atoms with Gasteiger partial charge in [0.05, 0.1) is 0 Å². The van der Waals surface area contributed by atoms with E-state index in [1.54, 1.807) is 18.2 Å². The molecule has 0 saturated carbocycles. The minimum Gasteiger partial charge on any atom is -0.759 e. The Morgan fingerprint density at radius 1 is 1.12 bits per heavy atom. The van der Waals surface area contributed by atoms with Crippen molar-refractivity contribution in [3.8, 4) is 5.75 Å². The molecular formula is C9H6O7S-2. The summed E-state index contributed by atoms with van der Waals surface area (Å²) in [4.78, 5) is 10.7. The van der Waals surface area contributed by atoms with Crippen LogP contribution in [0.4, 0.5) is 0 Å². The van der Waals surface area contributed by atoms with Gasteiger partial charge in [0.15, 0.2) is 0 Å². The molecule has 1 aromatic carbocycles. The summed E-state index contributed by atoms with van der Waals surface area (Å²) in [6, 6.07) is 7.65. The van der Waals surface area contributed by atoms with Crippen molar-refractivity contribution in [2.45, 2.75) is 0 Å². The Labute approximate surface area is 95.5 Å². The normalized spacial score (nSPS) is 10.7. The summed E-state index contributed by atoms with van der Waals surface area (Å²) in [7, 11) is -5.17.